The highest BCUT2D eigenvalue weighted by Gasteiger charge is 2.23. The molecule has 17 heavy (non-hydrogen) atoms. The van der Waals surface area contributed by atoms with Crippen LogP contribution in [-0.2, 0) is 4.74 Å². The van der Waals surface area contributed by atoms with Gasteiger partial charge in [-0.3, -0.25) is 0 Å². The number of ether oxygens (including phenoxy) is 1. The number of hydrogen-bond donors (Lipinski definition) is 1. The maximum Gasteiger partial charge on any atom is 0.161 e. The van der Waals surface area contributed by atoms with Crippen LogP contribution in [0.3, 0.4) is 0 Å². The molecule has 0 saturated heterocycles. The highest BCUT2D eigenvalue weighted by molar-refractivity contribution is 5.31. The molecule has 2 nitrogen and oxygen atoms in total. The van der Waals surface area contributed by atoms with Crippen LogP contribution in [0.1, 0.15) is 27.2 Å². The van der Waals surface area contributed by atoms with Crippen molar-refractivity contribution in [2.45, 2.75) is 39.6 Å². The van der Waals surface area contributed by atoms with E-state index in [0.29, 0.717) is 0 Å². The molecule has 0 aliphatic carbocycles. The number of allylic oxidation sites excluding steroid dienone is 3. The maximum absolute atomic E-state index is 13.4. The van der Waals surface area contributed by atoms with E-state index in [2.05, 4.69) is 13.2 Å². The van der Waals surface area contributed by atoms with E-state index in [1.165, 1.54) is 6.92 Å². The molecular formula is C13H20F2O2. The van der Waals surface area contributed by atoms with Gasteiger partial charge in [-0.1, -0.05) is 27.0 Å². The number of rotatable bonds is 7. The van der Waals surface area contributed by atoms with Crippen molar-refractivity contribution >= 4 is 0 Å². The van der Waals surface area contributed by atoms with Gasteiger partial charge in [0.2, 0.25) is 0 Å². The van der Waals surface area contributed by atoms with Crippen molar-refractivity contribution in [2.24, 2.45) is 5.92 Å². The van der Waals surface area contributed by atoms with Gasteiger partial charge in [0.1, 0.15) is 0 Å². The Morgan fingerprint density at radius 1 is 1.41 bits per heavy atom. The fourth-order valence-electron chi connectivity index (χ4n) is 1.07. The van der Waals surface area contributed by atoms with Crippen LogP contribution < -0.4 is 0 Å². The summed E-state index contributed by atoms with van der Waals surface area (Å²) in [7, 11) is 0. The average molecular weight is 246 g/mol. The molecule has 0 amide bonds. The second kappa shape index (κ2) is 7.35. The van der Waals surface area contributed by atoms with Crippen LogP contribution in [0.4, 0.5) is 8.78 Å². The van der Waals surface area contributed by atoms with Gasteiger partial charge in [0, 0.05) is 5.92 Å². The normalized spacial score (nSPS) is 18.0. The quantitative estimate of drug-likeness (QED) is 0.549. The maximum atomic E-state index is 13.4. The number of aliphatic hydroxyl groups is 1. The predicted molar refractivity (Wildman–Crippen MR) is 64.6 cm³/mol. The van der Waals surface area contributed by atoms with Crippen LogP contribution in [0.2, 0.25) is 0 Å². The Kier molecular flexibility index (Phi) is 6.92. The molecule has 0 heterocycles. The third-order valence-corrected chi connectivity index (χ3v) is 2.59. The third-order valence-electron chi connectivity index (χ3n) is 2.59. The molecule has 0 bridgehead atoms. The van der Waals surface area contributed by atoms with E-state index in [0.717, 1.165) is 12.5 Å². The molecule has 0 aromatic rings. The van der Waals surface area contributed by atoms with Gasteiger partial charge in [-0.05, 0) is 25.0 Å². The molecule has 1 N–H and O–H groups in total. The molecule has 3 atom stereocenters. The van der Waals surface area contributed by atoms with Gasteiger partial charge >= 0.3 is 0 Å². The molecule has 0 spiro atoms. The van der Waals surface area contributed by atoms with E-state index in [-0.39, 0.29) is 11.7 Å². The van der Waals surface area contributed by atoms with E-state index >= 15 is 0 Å². The molecule has 0 aromatic carbocycles. The summed E-state index contributed by atoms with van der Waals surface area (Å²) in [6.07, 6.45) is 0.113. The summed E-state index contributed by atoms with van der Waals surface area (Å²) in [5.41, 5.74) is -0.141. The van der Waals surface area contributed by atoms with Crippen molar-refractivity contribution in [3.63, 3.8) is 0 Å². The Labute approximate surface area is 101 Å². The summed E-state index contributed by atoms with van der Waals surface area (Å²) in [5.74, 6) is -2.91. The van der Waals surface area contributed by atoms with Gasteiger partial charge in [-0.2, -0.15) is 0 Å². The molecular weight excluding hydrogens is 226 g/mol. The summed E-state index contributed by atoms with van der Waals surface area (Å²) in [5, 5.41) is 9.67. The Bertz CT molecular complexity index is 311. The second-order valence-corrected chi connectivity index (χ2v) is 3.93. The molecule has 4 heteroatoms. The lowest BCUT2D eigenvalue weighted by atomic mass is 10.0. The van der Waals surface area contributed by atoms with Gasteiger partial charge in [-0.15, -0.1) is 0 Å². The Morgan fingerprint density at radius 2 is 1.94 bits per heavy atom. The number of halogens is 2. The lowest BCUT2D eigenvalue weighted by Gasteiger charge is -2.23. The van der Waals surface area contributed by atoms with Crippen LogP contribution >= 0.6 is 0 Å². The standard InChI is InChI=1S/C13H20F2O2/c1-6-8(3)17-13(16)10(5)9(4)12(15)11(14)7-2/h7-8,10,13,16H,2,4,6H2,1,3,5H3/b12-11-. The SMILES string of the molecule is C=C/C(F)=C(/F)C(=C)C(C)C(O)OC(C)CC. The van der Waals surface area contributed by atoms with Crippen LogP contribution in [0, 0.1) is 5.92 Å². The van der Waals surface area contributed by atoms with E-state index in [9.17, 15) is 13.9 Å². The summed E-state index contributed by atoms with van der Waals surface area (Å²) in [6, 6.07) is 0. The zero-order valence-electron chi connectivity index (χ0n) is 10.5. The molecule has 98 valence electrons. The highest BCUT2D eigenvalue weighted by atomic mass is 19.2. The largest absolute Gasteiger partial charge is 0.367 e. The van der Waals surface area contributed by atoms with Gasteiger partial charge in [0.25, 0.3) is 0 Å². The van der Waals surface area contributed by atoms with Crippen molar-refractivity contribution in [3.8, 4) is 0 Å². The van der Waals surface area contributed by atoms with E-state index < -0.39 is 23.9 Å². The monoisotopic (exact) mass is 246 g/mol. The van der Waals surface area contributed by atoms with Crippen LogP contribution in [0.5, 0.6) is 0 Å². The van der Waals surface area contributed by atoms with Crippen molar-refractivity contribution < 1.29 is 18.6 Å². The Balaban J connectivity index is 4.65. The van der Waals surface area contributed by atoms with Crippen molar-refractivity contribution in [1.82, 2.24) is 0 Å². The molecule has 0 radical (unpaired) electrons. The second-order valence-electron chi connectivity index (χ2n) is 3.93. The lowest BCUT2D eigenvalue weighted by molar-refractivity contribution is -0.150. The molecule has 0 rings (SSSR count). The average Bonchev–Trinajstić information content (AvgIpc) is 2.34. The predicted octanol–water partition coefficient (Wildman–Crippen LogP) is 3.65. The van der Waals surface area contributed by atoms with Crippen LogP contribution in [0.15, 0.2) is 36.5 Å². The van der Waals surface area contributed by atoms with Crippen molar-refractivity contribution in [2.75, 3.05) is 0 Å². The third kappa shape index (κ3) is 4.79. The highest BCUT2D eigenvalue weighted by Crippen LogP contribution is 2.26. The summed E-state index contributed by atoms with van der Waals surface area (Å²) in [6.45, 7) is 11.7. The molecule has 3 unspecified atom stereocenters. The van der Waals surface area contributed by atoms with E-state index in [1.807, 2.05) is 6.92 Å². The fourth-order valence-corrected chi connectivity index (χ4v) is 1.07. The summed E-state index contributed by atoms with van der Waals surface area (Å²) < 4.78 is 31.5. The Morgan fingerprint density at radius 3 is 2.35 bits per heavy atom. The molecule has 0 fully saturated rings. The van der Waals surface area contributed by atoms with Crippen molar-refractivity contribution in [3.05, 3.63) is 36.5 Å². The minimum atomic E-state index is -1.21. The number of aliphatic hydroxyl groups excluding tert-OH is 1. The summed E-state index contributed by atoms with van der Waals surface area (Å²) >= 11 is 0. The van der Waals surface area contributed by atoms with Gasteiger partial charge < -0.3 is 9.84 Å². The first-order chi connectivity index (χ1) is 7.84. The molecule has 0 aliphatic heterocycles. The van der Waals surface area contributed by atoms with Gasteiger partial charge in [-0.25, -0.2) is 8.78 Å². The smallest absolute Gasteiger partial charge is 0.161 e. The van der Waals surface area contributed by atoms with Crippen molar-refractivity contribution in [1.29, 1.82) is 0 Å². The lowest BCUT2D eigenvalue weighted by Crippen LogP contribution is -2.27. The van der Waals surface area contributed by atoms with Gasteiger partial charge in [0.05, 0.1) is 6.10 Å². The molecule has 0 aliphatic rings. The minimum Gasteiger partial charge on any atom is -0.367 e. The van der Waals surface area contributed by atoms with Gasteiger partial charge in [0.15, 0.2) is 17.9 Å². The zero-order chi connectivity index (χ0) is 13.6. The Hall–Kier alpha value is -1.00. The molecule has 0 saturated carbocycles. The summed E-state index contributed by atoms with van der Waals surface area (Å²) in [4.78, 5) is 0. The first kappa shape index (κ1) is 16.0. The van der Waals surface area contributed by atoms with Crippen LogP contribution in [-0.4, -0.2) is 17.5 Å². The van der Waals surface area contributed by atoms with E-state index in [1.54, 1.807) is 6.92 Å². The van der Waals surface area contributed by atoms with E-state index in [4.69, 9.17) is 4.74 Å². The first-order valence-electron chi connectivity index (χ1n) is 5.55. The topological polar surface area (TPSA) is 29.5 Å². The fraction of sp³-hybridized carbons (Fsp3) is 0.538. The van der Waals surface area contributed by atoms with Crippen LogP contribution in [0.25, 0.3) is 0 Å². The first-order valence-corrected chi connectivity index (χ1v) is 5.55. The minimum absolute atomic E-state index is 0.141. The molecule has 0 aromatic heterocycles. The zero-order valence-corrected chi connectivity index (χ0v) is 10.5. The number of hydrogen-bond acceptors (Lipinski definition) is 2.